The molecule has 0 aromatic heterocycles. The highest BCUT2D eigenvalue weighted by molar-refractivity contribution is 5.99. The van der Waals surface area contributed by atoms with Crippen molar-refractivity contribution in [2.75, 3.05) is 26.8 Å². The van der Waals surface area contributed by atoms with Gasteiger partial charge >= 0.3 is 5.97 Å². The summed E-state index contributed by atoms with van der Waals surface area (Å²) in [5, 5.41) is 0. The van der Waals surface area contributed by atoms with Crippen LogP contribution in [-0.2, 0) is 9.53 Å². The molecule has 1 amide bonds. The maximum absolute atomic E-state index is 13.1. The van der Waals surface area contributed by atoms with Crippen molar-refractivity contribution in [3.8, 4) is 16.9 Å². The number of nitrogens with zero attached hydrogens (tertiary/aromatic N) is 1. The molecule has 27 heavy (non-hydrogen) atoms. The van der Waals surface area contributed by atoms with Crippen molar-refractivity contribution in [3.63, 3.8) is 0 Å². The number of esters is 1. The standard InChI is InChI=1S/C22H25NO4/c1-3-27-22(25)17-12-14-23(15-13-17)21(24)19-11-7-10-18(20(19)26-2)16-8-5-4-6-9-16/h4-11,17H,3,12-15H2,1-2H3. The summed E-state index contributed by atoms with van der Waals surface area (Å²) in [6.45, 7) is 3.28. The Kier molecular flexibility index (Phi) is 6.12. The molecule has 0 saturated carbocycles. The molecule has 5 heteroatoms. The van der Waals surface area contributed by atoms with Crippen LogP contribution in [0, 0.1) is 5.92 Å². The van der Waals surface area contributed by atoms with Crippen LogP contribution in [-0.4, -0.2) is 43.6 Å². The first-order chi connectivity index (χ1) is 13.2. The van der Waals surface area contributed by atoms with Crippen LogP contribution in [0.4, 0.5) is 0 Å². The molecule has 0 N–H and O–H groups in total. The molecule has 0 unspecified atom stereocenters. The van der Waals surface area contributed by atoms with Crippen molar-refractivity contribution < 1.29 is 19.1 Å². The first-order valence-electron chi connectivity index (χ1n) is 9.34. The molecule has 5 nitrogen and oxygen atoms in total. The van der Waals surface area contributed by atoms with Crippen molar-refractivity contribution in [1.29, 1.82) is 0 Å². The van der Waals surface area contributed by atoms with E-state index in [9.17, 15) is 9.59 Å². The van der Waals surface area contributed by atoms with Crippen LogP contribution in [0.5, 0.6) is 5.75 Å². The van der Waals surface area contributed by atoms with Crippen molar-refractivity contribution in [2.24, 2.45) is 5.92 Å². The zero-order valence-corrected chi connectivity index (χ0v) is 15.8. The average molecular weight is 367 g/mol. The number of para-hydroxylation sites is 1. The summed E-state index contributed by atoms with van der Waals surface area (Å²) >= 11 is 0. The molecule has 0 spiro atoms. The predicted octanol–water partition coefficient (Wildman–Crippen LogP) is 3.78. The third-order valence-electron chi connectivity index (χ3n) is 4.94. The van der Waals surface area contributed by atoms with Crippen LogP contribution >= 0.6 is 0 Å². The Hall–Kier alpha value is -2.82. The minimum Gasteiger partial charge on any atom is -0.495 e. The summed E-state index contributed by atoms with van der Waals surface area (Å²) in [4.78, 5) is 26.8. The van der Waals surface area contributed by atoms with Gasteiger partial charge in [-0.2, -0.15) is 0 Å². The van der Waals surface area contributed by atoms with Crippen LogP contribution < -0.4 is 4.74 Å². The van der Waals surface area contributed by atoms with Gasteiger partial charge in [-0.3, -0.25) is 9.59 Å². The molecule has 1 fully saturated rings. The lowest BCUT2D eigenvalue weighted by Gasteiger charge is -2.31. The molecule has 0 bridgehead atoms. The van der Waals surface area contributed by atoms with Gasteiger partial charge in [0.15, 0.2) is 0 Å². The van der Waals surface area contributed by atoms with Gasteiger partial charge in [0.05, 0.1) is 25.2 Å². The lowest BCUT2D eigenvalue weighted by atomic mass is 9.95. The third kappa shape index (κ3) is 4.13. The summed E-state index contributed by atoms with van der Waals surface area (Å²) < 4.78 is 10.7. The highest BCUT2D eigenvalue weighted by Gasteiger charge is 2.30. The van der Waals surface area contributed by atoms with Crippen molar-refractivity contribution >= 4 is 11.9 Å². The molecule has 1 aliphatic heterocycles. The first-order valence-corrected chi connectivity index (χ1v) is 9.34. The molecule has 0 atom stereocenters. The molecule has 0 radical (unpaired) electrons. The minimum absolute atomic E-state index is 0.0630. The van der Waals surface area contributed by atoms with E-state index in [2.05, 4.69) is 0 Å². The van der Waals surface area contributed by atoms with Crippen molar-refractivity contribution in [2.45, 2.75) is 19.8 Å². The Labute approximate surface area is 159 Å². The third-order valence-corrected chi connectivity index (χ3v) is 4.94. The molecule has 0 aliphatic carbocycles. The highest BCUT2D eigenvalue weighted by Crippen LogP contribution is 2.34. The Balaban J connectivity index is 1.79. The number of hydrogen-bond donors (Lipinski definition) is 0. The molecular formula is C22H25NO4. The molecule has 2 aromatic rings. The molecular weight excluding hydrogens is 342 g/mol. The van der Waals surface area contributed by atoms with Gasteiger partial charge < -0.3 is 14.4 Å². The van der Waals surface area contributed by atoms with E-state index < -0.39 is 0 Å². The zero-order valence-electron chi connectivity index (χ0n) is 15.8. The number of carbonyl (C=O) groups excluding carboxylic acids is 2. The van der Waals surface area contributed by atoms with Gasteiger partial charge in [0.2, 0.25) is 0 Å². The minimum atomic E-state index is -0.159. The van der Waals surface area contributed by atoms with E-state index in [0.717, 1.165) is 11.1 Å². The predicted molar refractivity (Wildman–Crippen MR) is 104 cm³/mol. The van der Waals surface area contributed by atoms with Crippen LogP contribution in [0.3, 0.4) is 0 Å². The smallest absolute Gasteiger partial charge is 0.309 e. The molecule has 142 valence electrons. The largest absolute Gasteiger partial charge is 0.495 e. The molecule has 3 rings (SSSR count). The normalized spacial score (nSPS) is 14.7. The highest BCUT2D eigenvalue weighted by atomic mass is 16.5. The van der Waals surface area contributed by atoms with Crippen LogP contribution in [0.2, 0.25) is 0 Å². The monoisotopic (exact) mass is 367 g/mol. The van der Waals surface area contributed by atoms with E-state index in [1.165, 1.54) is 0 Å². The molecule has 2 aromatic carbocycles. The SMILES string of the molecule is CCOC(=O)C1CCN(C(=O)c2cccc(-c3ccccc3)c2OC)CC1. The maximum atomic E-state index is 13.1. The summed E-state index contributed by atoms with van der Waals surface area (Å²) in [5.74, 6) is 0.243. The van der Waals surface area contributed by atoms with Crippen molar-refractivity contribution in [1.82, 2.24) is 4.90 Å². The number of amides is 1. The Morgan fingerprint density at radius 3 is 2.37 bits per heavy atom. The number of carbonyl (C=O) groups is 2. The van der Waals surface area contributed by atoms with Crippen LogP contribution in [0.15, 0.2) is 48.5 Å². The molecule has 1 saturated heterocycles. The molecule has 1 heterocycles. The zero-order chi connectivity index (χ0) is 19.2. The van der Waals surface area contributed by atoms with Crippen molar-refractivity contribution in [3.05, 3.63) is 54.1 Å². The van der Waals surface area contributed by atoms with Crippen LogP contribution in [0.1, 0.15) is 30.1 Å². The van der Waals surface area contributed by atoms with E-state index in [-0.39, 0.29) is 17.8 Å². The Morgan fingerprint density at radius 2 is 1.74 bits per heavy atom. The summed E-state index contributed by atoms with van der Waals surface area (Å²) in [5.41, 5.74) is 2.45. The number of piperidine rings is 1. The van der Waals surface area contributed by atoms with Gasteiger partial charge in [0.25, 0.3) is 5.91 Å². The van der Waals surface area contributed by atoms with E-state index >= 15 is 0 Å². The van der Waals surface area contributed by atoms with Gasteiger partial charge in [0.1, 0.15) is 5.75 Å². The fraction of sp³-hybridized carbons (Fsp3) is 0.364. The quantitative estimate of drug-likeness (QED) is 0.755. The summed E-state index contributed by atoms with van der Waals surface area (Å²) in [7, 11) is 1.59. The second-order valence-corrected chi connectivity index (χ2v) is 6.57. The topological polar surface area (TPSA) is 55.8 Å². The number of likely N-dealkylation sites (tertiary alicyclic amines) is 1. The van der Waals surface area contributed by atoms with Gasteiger partial charge in [-0.1, -0.05) is 42.5 Å². The van der Waals surface area contributed by atoms with E-state index in [4.69, 9.17) is 9.47 Å². The number of methoxy groups -OCH3 is 1. The van der Waals surface area contributed by atoms with E-state index in [0.29, 0.717) is 43.9 Å². The fourth-order valence-corrected chi connectivity index (χ4v) is 3.52. The van der Waals surface area contributed by atoms with E-state index in [1.54, 1.807) is 18.1 Å². The summed E-state index contributed by atoms with van der Waals surface area (Å²) in [6, 6.07) is 15.5. The first kappa shape index (κ1) is 19.0. The lowest BCUT2D eigenvalue weighted by molar-refractivity contribution is -0.149. The Morgan fingerprint density at radius 1 is 1.04 bits per heavy atom. The summed E-state index contributed by atoms with van der Waals surface area (Å²) in [6.07, 6.45) is 1.26. The number of rotatable bonds is 5. The van der Waals surface area contributed by atoms with Gasteiger partial charge in [-0.05, 0) is 31.4 Å². The van der Waals surface area contributed by atoms with Gasteiger partial charge in [-0.25, -0.2) is 0 Å². The number of hydrogen-bond acceptors (Lipinski definition) is 4. The molecule has 1 aliphatic rings. The number of ether oxygens (including phenoxy) is 2. The van der Waals surface area contributed by atoms with Crippen LogP contribution in [0.25, 0.3) is 11.1 Å². The van der Waals surface area contributed by atoms with Gasteiger partial charge in [-0.15, -0.1) is 0 Å². The fourth-order valence-electron chi connectivity index (χ4n) is 3.52. The van der Waals surface area contributed by atoms with Gasteiger partial charge in [0, 0.05) is 18.7 Å². The number of benzene rings is 2. The Bertz CT molecular complexity index is 795. The lowest BCUT2D eigenvalue weighted by Crippen LogP contribution is -2.40. The van der Waals surface area contributed by atoms with E-state index in [1.807, 2.05) is 49.4 Å². The average Bonchev–Trinajstić information content (AvgIpc) is 2.73. The second kappa shape index (κ2) is 8.71. The second-order valence-electron chi connectivity index (χ2n) is 6.57. The maximum Gasteiger partial charge on any atom is 0.309 e.